The molecule has 0 saturated heterocycles. The molecule has 0 unspecified atom stereocenters. The Hall–Kier alpha value is -1.89. The molecule has 0 atom stereocenters. The Kier molecular flexibility index (Phi) is 4.39. The maximum atomic E-state index is 12.1. The largest absolute Gasteiger partial charge is 0.351 e. The van der Waals surface area contributed by atoms with Crippen molar-refractivity contribution in [2.24, 2.45) is 11.3 Å². The number of pyridine rings is 1. The van der Waals surface area contributed by atoms with E-state index in [1.54, 1.807) is 12.1 Å². The summed E-state index contributed by atoms with van der Waals surface area (Å²) in [5.74, 6) is 0.556. The standard InChI is InChI=1S/C16H21N3O/c1-12(2)8-16(6-3-7-16)11-19-15(20)13-4-5-14(9-17)18-10-13/h4-5,10,12H,3,6-8,11H2,1-2H3,(H,19,20). The van der Waals surface area contributed by atoms with Crippen LogP contribution in [0.2, 0.25) is 0 Å². The van der Waals surface area contributed by atoms with E-state index in [-0.39, 0.29) is 5.91 Å². The van der Waals surface area contributed by atoms with Gasteiger partial charge < -0.3 is 5.32 Å². The summed E-state index contributed by atoms with van der Waals surface area (Å²) in [5, 5.41) is 11.7. The number of aromatic nitrogens is 1. The summed E-state index contributed by atoms with van der Waals surface area (Å²) in [5.41, 5.74) is 1.14. The molecule has 0 bridgehead atoms. The number of carbonyl (C=O) groups excluding carboxylic acids is 1. The molecular formula is C16H21N3O. The highest BCUT2D eigenvalue weighted by molar-refractivity contribution is 5.93. The van der Waals surface area contributed by atoms with Gasteiger partial charge in [-0.3, -0.25) is 4.79 Å². The van der Waals surface area contributed by atoms with Gasteiger partial charge in [-0.25, -0.2) is 4.98 Å². The SMILES string of the molecule is CC(C)CC1(CNC(=O)c2ccc(C#N)nc2)CCC1. The third-order valence-corrected chi connectivity index (χ3v) is 4.02. The lowest BCUT2D eigenvalue weighted by Crippen LogP contribution is -2.43. The van der Waals surface area contributed by atoms with Gasteiger partial charge in [0, 0.05) is 12.7 Å². The normalized spacial score (nSPS) is 16.3. The predicted octanol–water partition coefficient (Wildman–Crippen LogP) is 2.90. The number of carbonyl (C=O) groups is 1. The molecule has 1 fully saturated rings. The maximum Gasteiger partial charge on any atom is 0.252 e. The first-order valence-electron chi connectivity index (χ1n) is 7.19. The average molecular weight is 271 g/mol. The quantitative estimate of drug-likeness (QED) is 0.895. The fraction of sp³-hybridized carbons (Fsp3) is 0.562. The molecule has 0 radical (unpaired) electrons. The zero-order valence-electron chi connectivity index (χ0n) is 12.1. The fourth-order valence-corrected chi connectivity index (χ4v) is 2.96. The molecule has 0 aromatic carbocycles. The fourth-order valence-electron chi connectivity index (χ4n) is 2.96. The molecule has 1 aromatic rings. The summed E-state index contributed by atoms with van der Waals surface area (Å²) in [7, 11) is 0. The van der Waals surface area contributed by atoms with Crippen molar-refractivity contribution in [2.75, 3.05) is 6.54 Å². The van der Waals surface area contributed by atoms with Crippen LogP contribution in [0.15, 0.2) is 18.3 Å². The number of nitrogens with one attached hydrogen (secondary N) is 1. The first-order valence-corrected chi connectivity index (χ1v) is 7.19. The lowest BCUT2D eigenvalue weighted by atomic mass is 9.64. The molecule has 0 aliphatic heterocycles. The van der Waals surface area contributed by atoms with Gasteiger partial charge >= 0.3 is 0 Å². The van der Waals surface area contributed by atoms with Gasteiger partial charge in [0.1, 0.15) is 11.8 Å². The van der Waals surface area contributed by atoms with E-state index in [0.717, 1.165) is 6.54 Å². The van der Waals surface area contributed by atoms with Crippen LogP contribution < -0.4 is 5.32 Å². The van der Waals surface area contributed by atoms with Crippen LogP contribution in [-0.2, 0) is 0 Å². The van der Waals surface area contributed by atoms with E-state index in [1.807, 2.05) is 6.07 Å². The summed E-state index contributed by atoms with van der Waals surface area (Å²) in [6.07, 6.45) is 6.30. The third kappa shape index (κ3) is 3.36. The molecule has 1 saturated carbocycles. The highest BCUT2D eigenvalue weighted by atomic mass is 16.1. The topological polar surface area (TPSA) is 65.8 Å². The van der Waals surface area contributed by atoms with Crippen molar-refractivity contribution >= 4 is 5.91 Å². The molecule has 1 N–H and O–H groups in total. The lowest BCUT2D eigenvalue weighted by Gasteiger charge is -2.43. The smallest absolute Gasteiger partial charge is 0.252 e. The molecule has 1 aromatic heterocycles. The third-order valence-electron chi connectivity index (χ3n) is 4.02. The maximum absolute atomic E-state index is 12.1. The van der Waals surface area contributed by atoms with Crippen molar-refractivity contribution in [1.82, 2.24) is 10.3 Å². The zero-order valence-corrected chi connectivity index (χ0v) is 12.1. The van der Waals surface area contributed by atoms with E-state index in [1.165, 1.54) is 31.9 Å². The Morgan fingerprint density at radius 3 is 2.70 bits per heavy atom. The molecule has 4 nitrogen and oxygen atoms in total. The van der Waals surface area contributed by atoms with Crippen molar-refractivity contribution in [1.29, 1.82) is 5.26 Å². The van der Waals surface area contributed by atoms with Crippen LogP contribution in [0.1, 0.15) is 55.6 Å². The molecule has 1 heterocycles. The number of rotatable bonds is 5. The van der Waals surface area contributed by atoms with Crippen LogP contribution in [0.3, 0.4) is 0 Å². The number of hydrogen-bond donors (Lipinski definition) is 1. The van der Waals surface area contributed by atoms with Gasteiger partial charge in [0.15, 0.2) is 0 Å². The molecular weight excluding hydrogens is 250 g/mol. The second-order valence-electron chi connectivity index (χ2n) is 6.18. The van der Waals surface area contributed by atoms with Gasteiger partial charge in [-0.2, -0.15) is 5.26 Å². The Morgan fingerprint density at radius 1 is 1.50 bits per heavy atom. The van der Waals surface area contributed by atoms with Crippen molar-refractivity contribution in [3.8, 4) is 6.07 Å². The minimum Gasteiger partial charge on any atom is -0.351 e. The predicted molar refractivity (Wildman–Crippen MR) is 77.0 cm³/mol. The molecule has 2 rings (SSSR count). The molecule has 20 heavy (non-hydrogen) atoms. The van der Waals surface area contributed by atoms with Crippen LogP contribution >= 0.6 is 0 Å². The van der Waals surface area contributed by atoms with E-state index in [9.17, 15) is 4.79 Å². The zero-order chi connectivity index (χ0) is 14.6. The van der Waals surface area contributed by atoms with Crippen molar-refractivity contribution in [3.63, 3.8) is 0 Å². The van der Waals surface area contributed by atoms with Crippen LogP contribution in [-0.4, -0.2) is 17.4 Å². The van der Waals surface area contributed by atoms with E-state index >= 15 is 0 Å². The molecule has 1 aliphatic rings. The number of amides is 1. The summed E-state index contributed by atoms with van der Waals surface area (Å²) in [4.78, 5) is 16.0. The second-order valence-corrected chi connectivity index (χ2v) is 6.18. The Balaban J connectivity index is 1.92. The second kappa shape index (κ2) is 6.04. The first-order chi connectivity index (χ1) is 9.54. The van der Waals surface area contributed by atoms with Gasteiger partial charge in [-0.05, 0) is 42.7 Å². The van der Waals surface area contributed by atoms with Crippen molar-refractivity contribution < 1.29 is 4.79 Å². The van der Waals surface area contributed by atoms with Gasteiger partial charge in [0.25, 0.3) is 5.91 Å². The summed E-state index contributed by atoms with van der Waals surface area (Å²) >= 11 is 0. The highest BCUT2D eigenvalue weighted by Gasteiger charge is 2.37. The monoisotopic (exact) mass is 271 g/mol. The Labute approximate surface area is 120 Å². The summed E-state index contributed by atoms with van der Waals surface area (Å²) in [6, 6.07) is 5.17. The summed E-state index contributed by atoms with van der Waals surface area (Å²) in [6.45, 7) is 5.20. The molecule has 106 valence electrons. The Morgan fingerprint density at radius 2 is 2.25 bits per heavy atom. The van der Waals surface area contributed by atoms with Crippen LogP contribution in [0, 0.1) is 22.7 Å². The van der Waals surface area contributed by atoms with Gasteiger partial charge in [0.05, 0.1) is 5.56 Å². The Bertz CT molecular complexity index is 510. The van der Waals surface area contributed by atoms with Gasteiger partial charge in [0.2, 0.25) is 0 Å². The van der Waals surface area contributed by atoms with Crippen LogP contribution in [0.4, 0.5) is 0 Å². The highest BCUT2D eigenvalue weighted by Crippen LogP contribution is 2.45. The number of nitrogens with zero attached hydrogens (tertiary/aromatic N) is 2. The van der Waals surface area contributed by atoms with Crippen LogP contribution in [0.25, 0.3) is 0 Å². The first kappa shape index (κ1) is 14.5. The van der Waals surface area contributed by atoms with Gasteiger partial charge in [-0.15, -0.1) is 0 Å². The van der Waals surface area contributed by atoms with E-state index < -0.39 is 0 Å². The van der Waals surface area contributed by atoms with Crippen molar-refractivity contribution in [2.45, 2.75) is 39.5 Å². The minimum atomic E-state index is -0.1000. The van der Waals surface area contributed by atoms with E-state index in [0.29, 0.717) is 22.6 Å². The minimum absolute atomic E-state index is 0.1000. The van der Waals surface area contributed by atoms with Crippen molar-refractivity contribution in [3.05, 3.63) is 29.6 Å². The molecule has 1 amide bonds. The number of nitriles is 1. The van der Waals surface area contributed by atoms with E-state index in [2.05, 4.69) is 24.1 Å². The van der Waals surface area contributed by atoms with E-state index in [4.69, 9.17) is 5.26 Å². The molecule has 4 heteroatoms. The summed E-state index contributed by atoms with van der Waals surface area (Å²) < 4.78 is 0. The van der Waals surface area contributed by atoms with Gasteiger partial charge in [-0.1, -0.05) is 20.3 Å². The molecule has 1 aliphatic carbocycles. The van der Waals surface area contributed by atoms with Crippen LogP contribution in [0.5, 0.6) is 0 Å². The lowest BCUT2D eigenvalue weighted by molar-refractivity contribution is 0.0780. The molecule has 0 spiro atoms. The number of hydrogen-bond acceptors (Lipinski definition) is 3. The average Bonchev–Trinajstić information content (AvgIpc) is 2.41.